The van der Waals surface area contributed by atoms with Gasteiger partial charge in [0, 0.05) is 22.3 Å². The molecule has 0 aliphatic rings. The Morgan fingerprint density at radius 3 is 2.60 bits per heavy atom. The van der Waals surface area contributed by atoms with Crippen molar-refractivity contribution in [3.8, 4) is 0 Å². The lowest BCUT2D eigenvalue weighted by atomic mass is 10.2. The maximum atomic E-state index is 11.2. The minimum absolute atomic E-state index is 0.210. The first kappa shape index (κ1) is 13.1. The molecule has 2 aromatic carbocycles. The van der Waals surface area contributed by atoms with Gasteiger partial charge >= 0.3 is 5.69 Å². The fourth-order valence-corrected chi connectivity index (χ4v) is 2.48. The average molecular weight is 308 g/mol. The number of rotatable bonds is 3. The van der Waals surface area contributed by atoms with E-state index in [1.54, 1.807) is 12.1 Å². The zero-order valence-corrected chi connectivity index (χ0v) is 11.8. The average Bonchev–Trinajstić information content (AvgIpc) is 2.77. The van der Waals surface area contributed by atoms with Crippen molar-refractivity contribution in [3.05, 3.63) is 62.5 Å². The molecule has 0 aliphatic carbocycles. The number of anilines is 1. The van der Waals surface area contributed by atoms with Gasteiger partial charge in [0.25, 0.3) is 0 Å². The summed E-state index contributed by atoms with van der Waals surface area (Å²) in [5, 5.41) is 4.50. The van der Waals surface area contributed by atoms with Crippen LogP contribution in [0.5, 0.6) is 0 Å². The van der Waals surface area contributed by atoms with Crippen molar-refractivity contribution in [3.63, 3.8) is 0 Å². The fourth-order valence-electron chi connectivity index (χ4n) is 2.00. The van der Waals surface area contributed by atoms with Crippen molar-refractivity contribution in [2.75, 3.05) is 5.32 Å². The molecule has 0 bridgehead atoms. The predicted molar refractivity (Wildman–Crippen MR) is 82.7 cm³/mol. The molecule has 0 unspecified atom stereocenters. The van der Waals surface area contributed by atoms with E-state index in [1.165, 1.54) is 0 Å². The maximum Gasteiger partial charge on any atom is 0.323 e. The van der Waals surface area contributed by atoms with Crippen LogP contribution in [0.25, 0.3) is 11.0 Å². The van der Waals surface area contributed by atoms with E-state index in [0.717, 1.165) is 22.3 Å². The largest absolute Gasteiger partial charge is 0.381 e. The van der Waals surface area contributed by atoms with Gasteiger partial charge in [0.1, 0.15) is 0 Å². The highest BCUT2D eigenvalue weighted by atomic mass is 35.5. The molecule has 0 saturated carbocycles. The molecular weight excluding hydrogens is 297 g/mol. The molecule has 0 spiro atoms. The van der Waals surface area contributed by atoms with Crippen molar-refractivity contribution in [2.24, 2.45) is 0 Å². The first-order valence-corrected chi connectivity index (χ1v) is 6.77. The lowest BCUT2D eigenvalue weighted by molar-refractivity contribution is 1.15. The van der Waals surface area contributed by atoms with E-state index in [9.17, 15) is 4.79 Å². The highest BCUT2D eigenvalue weighted by Crippen LogP contribution is 2.22. The molecule has 6 heteroatoms. The van der Waals surface area contributed by atoms with Gasteiger partial charge in [0.05, 0.1) is 11.0 Å². The third-order valence-electron chi connectivity index (χ3n) is 3.01. The molecule has 4 nitrogen and oxygen atoms in total. The van der Waals surface area contributed by atoms with E-state index in [4.69, 9.17) is 23.2 Å². The van der Waals surface area contributed by atoms with Crippen molar-refractivity contribution < 1.29 is 0 Å². The summed E-state index contributed by atoms with van der Waals surface area (Å²) in [5.74, 6) is 0. The highest BCUT2D eigenvalue weighted by Gasteiger charge is 2.03. The van der Waals surface area contributed by atoms with Crippen LogP contribution in [0.1, 0.15) is 5.56 Å². The Balaban J connectivity index is 1.80. The van der Waals surface area contributed by atoms with Crippen LogP contribution in [0.3, 0.4) is 0 Å². The molecule has 20 heavy (non-hydrogen) atoms. The molecule has 0 aliphatic heterocycles. The number of benzene rings is 2. The third kappa shape index (κ3) is 2.66. The third-order valence-corrected chi connectivity index (χ3v) is 3.60. The van der Waals surface area contributed by atoms with Crippen LogP contribution in [0.4, 0.5) is 5.69 Å². The van der Waals surface area contributed by atoms with Gasteiger partial charge in [-0.25, -0.2) is 4.79 Å². The van der Waals surface area contributed by atoms with E-state index in [0.29, 0.717) is 16.6 Å². The standard InChI is InChI=1S/C14H11Cl2N3O/c15-9-2-1-8(11(16)5-9)7-17-10-3-4-12-13(6-10)19-14(20)18-12/h1-6,17H,7H2,(H2,18,19,20). The number of halogens is 2. The van der Waals surface area contributed by atoms with Crippen LogP contribution in [-0.4, -0.2) is 9.97 Å². The van der Waals surface area contributed by atoms with Gasteiger partial charge in [-0.15, -0.1) is 0 Å². The summed E-state index contributed by atoms with van der Waals surface area (Å²) in [5.41, 5.74) is 3.20. The first-order valence-electron chi connectivity index (χ1n) is 6.02. The molecule has 0 saturated heterocycles. The van der Waals surface area contributed by atoms with E-state index in [2.05, 4.69) is 15.3 Å². The number of nitrogens with one attached hydrogen (secondary N) is 3. The highest BCUT2D eigenvalue weighted by molar-refractivity contribution is 6.35. The maximum absolute atomic E-state index is 11.2. The SMILES string of the molecule is O=c1[nH]c2ccc(NCc3ccc(Cl)cc3Cl)cc2[nH]1. The summed E-state index contributed by atoms with van der Waals surface area (Å²) in [7, 11) is 0. The van der Waals surface area contributed by atoms with Crippen LogP contribution in [0.15, 0.2) is 41.2 Å². The van der Waals surface area contributed by atoms with Crippen molar-refractivity contribution in [1.82, 2.24) is 9.97 Å². The minimum Gasteiger partial charge on any atom is -0.381 e. The summed E-state index contributed by atoms with van der Waals surface area (Å²) in [6.07, 6.45) is 0. The zero-order chi connectivity index (χ0) is 14.1. The molecule has 3 aromatic rings. The summed E-state index contributed by atoms with van der Waals surface area (Å²) in [6.45, 7) is 0.580. The van der Waals surface area contributed by atoms with Crippen molar-refractivity contribution in [2.45, 2.75) is 6.54 Å². The lowest BCUT2D eigenvalue weighted by Crippen LogP contribution is -2.00. The number of aromatic nitrogens is 2. The van der Waals surface area contributed by atoms with Gasteiger partial charge in [0.15, 0.2) is 0 Å². The van der Waals surface area contributed by atoms with Crippen LogP contribution in [0, 0.1) is 0 Å². The number of aromatic amines is 2. The molecule has 0 fully saturated rings. The topological polar surface area (TPSA) is 60.7 Å². The fraction of sp³-hybridized carbons (Fsp3) is 0.0714. The summed E-state index contributed by atoms with van der Waals surface area (Å²) in [4.78, 5) is 16.6. The van der Waals surface area contributed by atoms with Gasteiger partial charge in [-0.3, -0.25) is 0 Å². The van der Waals surface area contributed by atoms with Gasteiger partial charge < -0.3 is 15.3 Å². The Morgan fingerprint density at radius 2 is 1.80 bits per heavy atom. The molecule has 0 amide bonds. The summed E-state index contributed by atoms with van der Waals surface area (Å²) < 4.78 is 0. The van der Waals surface area contributed by atoms with Crippen molar-refractivity contribution >= 4 is 39.9 Å². The Labute approximate surface area is 124 Å². The van der Waals surface area contributed by atoms with Crippen LogP contribution in [0.2, 0.25) is 10.0 Å². The number of H-pyrrole nitrogens is 2. The van der Waals surface area contributed by atoms with Gasteiger partial charge in [-0.2, -0.15) is 0 Å². The summed E-state index contributed by atoms with van der Waals surface area (Å²) in [6, 6.07) is 11.0. The predicted octanol–water partition coefficient (Wildman–Crippen LogP) is 3.78. The molecule has 1 heterocycles. The number of hydrogen-bond donors (Lipinski definition) is 3. The Morgan fingerprint density at radius 1 is 1.00 bits per heavy atom. The molecular formula is C14H11Cl2N3O. The number of fused-ring (bicyclic) bond motifs is 1. The zero-order valence-electron chi connectivity index (χ0n) is 10.3. The molecule has 3 N–H and O–H groups in total. The van der Waals surface area contributed by atoms with E-state index >= 15 is 0 Å². The molecule has 3 rings (SSSR count). The van der Waals surface area contributed by atoms with E-state index < -0.39 is 0 Å². The molecule has 0 atom stereocenters. The number of imidazole rings is 1. The second-order valence-electron chi connectivity index (χ2n) is 4.43. The van der Waals surface area contributed by atoms with Crippen LogP contribution in [-0.2, 0) is 6.54 Å². The minimum atomic E-state index is -0.210. The van der Waals surface area contributed by atoms with Gasteiger partial charge in [-0.05, 0) is 35.9 Å². The van der Waals surface area contributed by atoms with E-state index in [-0.39, 0.29) is 5.69 Å². The van der Waals surface area contributed by atoms with Gasteiger partial charge in [0.2, 0.25) is 0 Å². The van der Waals surface area contributed by atoms with Crippen LogP contribution >= 0.6 is 23.2 Å². The number of hydrogen-bond acceptors (Lipinski definition) is 2. The van der Waals surface area contributed by atoms with E-state index in [1.807, 2.05) is 24.3 Å². The Bertz CT molecular complexity index is 823. The van der Waals surface area contributed by atoms with Crippen LogP contribution < -0.4 is 11.0 Å². The monoisotopic (exact) mass is 307 g/mol. The Kier molecular flexibility index (Phi) is 3.42. The Hall–Kier alpha value is -1.91. The summed E-state index contributed by atoms with van der Waals surface area (Å²) >= 11 is 12.0. The normalized spacial score (nSPS) is 10.9. The van der Waals surface area contributed by atoms with Crippen molar-refractivity contribution in [1.29, 1.82) is 0 Å². The second kappa shape index (κ2) is 5.23. The first-order chi connectivity index (χ1) is 9.61. The lowest BCUT2D eigenvalue weighted by Gasteiger charge is -2.08. The molecule has 0 radical (unpaired) electrons. The molecule has 102 valence electrons. The smallest absolute Gasteiger partial charge is 0.323 e. The van der Waals surface area contributed by atoms with Gasteiger partial charge in [-0.1, -0.05) is 29.3 Å². The molecule has 1 aromatic heterocycles. The second-order valence-corrected chi connectivity index (χ2v) is 5.27. The quantitative estimate of drug-likeness (QED) is 0.689.